The predicted molar refractivity (Wildman–Crippen MR) is 77.8 cm³/mol. The predicted octanol–water partition coefficient (Wildman–Crippen LogP) is 0.0252. The molecule has 8 heteroatoms. The number of thioether (sulfide) groups is 1. The van der Waals surface area contributed by atoms with Gasteiger partial charge < -0.3 is 25.5 Å². The van der Waals surface area contributed by atoms with Gasteiger partial charge in [0, 0.05) is 11.7 Å². The molecule has 1 aromatic rings. The third-order valence-electron chi connectivity index (χ3n) is 2.54. The minimum Gasteiger partial charge on any atom is -0.550 e. The summed E-state index contributed by atoms with van der Waals surface area (Å²) in [5, 5.41) is 29.2. The second-order valence-corrected chi connectivity index (χ2v) is 5.21. The number of hydrogen-bond acceptors (Lipinski definition) is 7. The van der Waals surface area contributed by atoms with Crippen LogP contribution in [-0.4, -0.2) is 29.8 Å². The Hall–Kier alpha value is -2.66. The zero-order chi connectivity index (χ0) is 16.7. The largest absolute Gasteiger partial charge is 0.550 e. The van der Waals surface area contributed by atoms with Crippen LogP contribution < -0.4 is 15.6 Å². The summed E-state index contributed by atoms with van der Waals surface area (Å²) in [4.78, 5) is 21.8. The molecule has 0 fully saturated rings. The first-order valence-corrected chi connectivity index (χ1v) is 7.02. The van der Waals surface area contributed by atoms with E-state index in [1.807, 2.05) is 0 Å². The number of carboxylic acid groups (broad SMARTS) is 1. The second kappa shape index (κ2) is 7.95. The van der Waals surface area contributed by atoms with Crippen molar-refractivity contribution < 1.29 is 24.5 Å². The molecular formula is C14H13N2O5S-. The van der Waals surface area contributed by atoms with Crippen molar-refractivity contribution in [1.82, 2.24) is 0 Å². The first kappa shape index (κ1) is 17.4. The summed E-state index contributed by atoms with van der Waals surface area (Å²) in [5.41, 5.74) is 5.23. The molecule has 0 heterocycles. The Morgan fingerprint density at radius 3 is 2.73 bits per heavy atom. The third-order valence-corrected chi connectivity index (χ3v) is 3.57. The van der Waals surface area contributed by atoms with Crippen molar-refractivity contribution in [3.63, 3.8) is 0 Å². The SMILES string of the molecule is COc1cc(/C=C(\C#N)C(N)=O)cc(SCCC(=O)[O-])c1O. The third kappa shape index (κ3) is 4.71. The van der Waals surface area contributed by atoms with Crippen LogP contribution in [-0.2, 0) is 9.59 Å². The normalized spacial score (nSPS) is 10.8. The molecule has 0 unspecified atom stereocenters. The fraction of sp³-hybridized carbons (Fsp3) is 0.214. The van der Waals surface area contributed by atoms with E-state index in [0.717, 1.165) is 11.8 Å². The number of hydrogen-bond donors (Lipinski definition) is 2. The Balaban J connectivity index is 3.17. The number of methoxy groups -OCH3 is 1. The van der Waals surface area contributed by atoms with Crippen LogP contribution in [0.1, 0.15) is 12.0 Å². The van der Waals surface area contributed by atoms with Crippen molar-refractivity contribution in [3.8, 4) is 17.6 Å². The summed E-state index contributed by atoms with van der Waals surface area (Å²) in [6.45, 7) is 0. The zero-order valence-corrected chi connectivity index (χ0v) is 12.5. The topological polar surface area (TPSA) is 136 Å². The van der Waals surface area contributed by atoms with Crippen molar-refractivity contribution in [2.24, 2.45) is 5.73 Å². The van der Waals surface area contributed by atoms with Gasteiger partial charge >= 0.3 is 0 Å². The standard InChI is InChI=1S/C14H14N2O5S/c1-21-10-5-8(4-9(7-15)14(16)20)6-11(13(10)19)22-3-2-12(17)18/h4-6,19H,2-3H2,1H3,(H2,16,20)(H,17,18)/p-1/b9-4+. The summed E-state index contributed by atoms with van der Waals surface area (Å²) in [6, 6.07) is 4.60. The maximum absolute atomic E-state index is 11.1. The molecule has 0 atom stereocenters. The fourth-order valence-electron chi connectivity index (χ4n) is 1.52. The Bertz CT molecular complexity index is 664. The number of phenols is 1. The Labute approximate surface area is 131 Å². The van der Waals surface area contributed by atoms with Crippen molar-refractivity contribution >= 4 is 29.7 Å². The van der Waals surface area contributed by atoms with Crippen molar-refractivity contribution in [3.05, 3.63) is 23.3 Å². The first-order valence-electron chi connectivity index (χ1n) is 6.04. The maximum atomic E-state index is 11.1. The van der Waals surface area contributed by atoms with Gasteiger partial charge in [0.1, 0.15) is 11.6 Å². The van der Waals surface area contributed by atoms with E-state index in [0.29, 0.717) is 10.5 Å². The van der Waals surface area contributed by atoms with E-state index in [1.165, 1.54) is 25.3 Å². The number of amides is 1. The molecule has 22 heavy (non-hydrogen) atoms. The zero-order valence-electron chi connectivity index (χ0n) is 11.7. The number of primary amides is 1. The summed E-state index contributed by atoms with van der Waals surface area (Å²) < 4.78 is 5.01. The van der Waals surface area contributed by atoms with Gasteiger partial charge in [0.05, 0.1) is 12.0 Å². The smallest absolute Gasteiger partial charge is 0.259 e. The van der Waals surface area contributed by atoms with Gasteiger partial charge in [0.15, 0.2) is 11.5 Å². The number of nitrogens with two attached hydrogens (primary N) is 1. The number of phenolic OH excluding ortho intramolecular Hbond substituents is 1. The maximum Gasteiger partial charge on any atom is 0.259 e. The molecule has 1 aromatic carbocycles. The molecule has 0 bridgehead atoms. The number of rotatable bonds is 7. The van der Waals surface area contributed by atoms with Crippen LogP contribution in [0, 0.1) is 11.3 Å². The molecular weight excluding hydrogens is 308 g/mol. The monoisotopic (exact) mass is 321 g/mol. The van der Waals surface area contributed by atoms with Crippen LogP contribution in [0.15, 0.2) is 22.6 Å². The van der Waals surface area contributed by atoms with Gasteiger partial charge in [0.25, 0.3) is 5.91 Å². The first-order chi connectivity index (χ1) is 10.4. The molecule has 0 aromatic heterocycles. The number of nitrogens with zero attached hydrogens (tertiary/aromatic N) is 1. The van der Waals surface area contributed by atoms with Gasteiger partial charge in [-0.15, -0.1) is 11.8 Å². The molecule has 0 aliphatic carbocycles. The number of carbonyl (C=O) groups is 2. The highest BCUT2D eigenvalue weighted by molar-refractivity contribution is 7.99. The highest BCUT2D eigenvalue weighted by Crippen LogP contribution is 2.38. The van der Waals surface area contributed by atoms with Gasteiger partial charge in [-0.2, -0.15) is 5.26 Å². The van der Waals surface area contributed by atoms with Gasteiger partial charge in [-0.25, -0.2) is 0 Å². The van der Waals surface area contributed by atoms with E-state index in [1.54, 1.807) is 6.07 Å². The van der Waals surface area contributed by atoms with Crippen LogP contribution in [0.25, 0.3) is 6.08 Å². The Kier molecular flexibility index (Phi) is 6.28. The van der Waals surface area contributed by atoms with Gasteiger partial charge in [-0.05, 0) is 30.2 Å². The average molecular weight is 321 g/mol. The number of aromatic hydroxyl groups is 1. The number of nitriles is 1. The van der Waals surface area contributed by atoms with E-state index >= 15 is 0 Å². The van der Waals surface area contributed by atoms with Crippen LogP contribution in [0.2, 0.25) is 0 Å². The lowest BCUT2D eigenvalue weighted by Crippen LogP contribution is -2.22. The molecule has 0 spiro atoms. The molecule has 1 amide bonds. The number of aliphatic carboxylic acids is 1. The molecule has 7 nitrogen and oxygen atoms in total. The lowest BCUT2D eigenvalue weighted by molar-refractivity contribution is -0.305. The molecule has 0 radical (unpaired) electrons. The van der Waals surface area contributed by atoms with Crippen LogP contribution in [0.5, 0.6) is 11.5 Å². The van der Waals surface area contributed by atoms with Gasteiger partial charge in [0.2, 0.25) is 0 Å². The quantitative estimate of drug-likeness (QED) is 0.410. The van der Waals surface area contributed by atoms with Crippen LogP contribution in [0.4, 0.5) is 0 Å². The molecule has 1 rings (SSSR count). The van der Waals surface area contributed by atoms with E-state index in [2.05, 4.69) is 0 Å². The summed E-state index contributed by atoms with van der Waals surface area (Å²) in [6.07, 6.45) is 1.07. The van der Waals surface area contributed by atoms with E-state index in [9.17, 15) is 19.8 Å². The minimum atomic E-state index is -1.20. The summed E-state index contributed by atoms with van der Waals surface area (Å²) in [7, 11) is 1.34. The number of carbonyl (C=O) groups excluding carboxylic acids is 2. The molecule has 116 valence electrons. The number of benzene rings is 1. The number of carboxylic acids is 1. The lowest BCUT2D eigenvalue weighted by atomic mass is 10.1. The van der Waals surface area contributed by atoms with E-state index in [-0.39, 0.29) is 29.2 Å². The average Bonchev–Trinajstić information content (AvgIpc) is 2.46. The number of ether oxygens (including phenoxy) is 1. The lowest BCUT2D eigenvalue weighted by Gasteiger charge is -2.11. The van der Waals surface area contributed by atoms with Crippen molar-refractivity contribution in [2.45, 2.75) is 11.3 Å². The van der Waals surface area contributed by atoms with E-state index < -0.39 is 11.9 Å². The Morgan fingerprint density at radius 1 is 1.55 bits per heavy atom. The van der Waals surface area contributed by atoms with Crippen LogP contribution >= 0.6 is 11.8 Å². The van der Waals surface area contributed by atoms with E-state index in [4.69, 9.17) is 15.7 Å². The Morgan fingerprint density at radius 2 is 2.23 bits per heavy atom. The van der Waals surface area contributed by atoms with Crippen molar-refractivity contribution in [2.75, 3.05) is 12.9 Å². The molecule has 0 saturated carbocycles. The van der Waals surface area contributed by atoms with Crippen LogP contribution in [0.3, 0.4) is 0 Å². The van der Waals surface area contributed by atoms with Gasteiger partial charge in [-0.3, -0.25) is 4.79 Å². The molecule has 0 aliphatic rings. The molecule has 0 saturated heterocycles. The van der Waals surface area contributed by atoms with Crippen molar-refractivity contribution in [1.29, 1.82) is 5.26 Å². The highest BCUT2D eigenvalue weighted by Gasteiger charge is 2.12. The minimum absolute atomic E-state index is 0.131. The highest BCUT2D eigenvalue weighted by atomic mass is 32.2. The summed E-state index contributed by atoms with van der Waals surface area (Å²) >= 11 is 1.08. The second-order valence-electron chi connectivity index (χ2n) is 4.07. The molecule has 3 N–H and O–H groups in total. The summed E-state index contributed by atoms with van der Waals surface area (Å²) in [5.74, 6) is -1.91. The van der Waals surface area contributed by atoms with Gasteiger partial charge in [-0.1, -0.05) is 0 Å². The fourth-order valence-corrected chi connectivity index (χ4v) is 2.47. The molecule has 0 aliphatic heterocycles.